The van der Waals surface area contributed by atoms with E-state index in [-0.39, 0.29) is 42.3 Å². The average molecular weight is 474 g/mol. The minimum atomic E-state index is -0.761. The van der Waals surface area contributed by atoms with Gasteiger partial charge in [-0.25, -0.2) is 0 Å². The van der Waals surface area contributed by atoms with Gasteiger partial charge in [0.15, 0.2) is 6.61 Å². The highest BCUT2D eigenvalue weighted by Gasteiger charge is 2.27. The predicted molar refractivity (Wildman–Crippen MR) is 126 cm³/mol. The van der Waals surface area contributed by atoms with E-state index in [0.29, 0.717) is 5.75 Å². The Balaban J connectivity index is 2.22. The number of amides is 2. The van der Waals surface area contributed by atoms with Crippen LogP contribution in [0.2, 0.25) is 0 Å². The van der Waals surface area contributed by atoms with Crippen LogP contribution in [0.15, 0.2) is 42.5 Å². The van der Waals surface area contributed by atoms with Gasteiger partial charge in [-0.3, -0.25) is 19.7 Å². The number of rotatable bonds is 12. The summed E-state index contributed by atoms with van der Waals surface area (Å²) in [5.74, 6) is 0.184. The summed E-state index contributed by atoms with van der Waals surface area (Å²) in [4.78, 5) is 37.9. The SMILES string of the molecule is CC[C@H](C)NC(=O)[C@H](C)N(Cc1cccc(OC)c1)C(=O)COc1ccc([N+](=O)[O-])c(OC)c1. The molecular weight excluding hydrogens is 442 g/mol. The smallest absolute Gasteiger partial charge is 0.311 e. The van der Waals surface area contributed by atoms with E-state index in [1.807, 2.05) is 19.9 Å². The van der Waals surface area contributed by atoms with Crippen molar-refractivity contribution in [2.75, 3.05) is 20.8 Å². The van der Waals surface area contributed by atoms with Gasteiger partial charge in [0.05, 0.1) is 19.1 Å². The van der Waals surface area contributed by atoms with Crippen molar-refractivity contribution in [1.29, 1.82) is 0 Å². The van der Waals surface area contributed by atoms with Gasteiger partial charge in [-0.05, 0) is 44.0 Å². The van der Waals surface area contributed by atoms with Crippen molar-refractivity contribution < 1.29 is 28.7 Å². The Bertz CT molecular complexity index is 1010. The van der Waals surface area contributed by atoms with Gasteiger partial charge in [0.25, 0.3) is 5.91 Å². The molecule has 2 rings (SSSR count). The van der Waals surface area contributed by atoms with Crippen molar-refractivity contribution in [3.63, 3.8) is 0 Å². The quantitative estimate of drug-likeness (QED) is 0.371. The number of carbonyl (C=O) groups is 2. The van der Waals surface area contributed by atoms with Crippen molar-refractivity contribution in [3.05, 3.63) is 58.1 Å². The van der Waals surface area contributed by atoms with E-state index in [1.54, 1.807) is 32.2 Å². The lowest BCUT2D eigenvalue weighted by Gasteiger charge is -2.29. The maximum atomic E-state index is 13.2. The molecule has 34 heavy (non-hydrogen) atoms. The summed E-state index contributed by atoms with van der Waals surface area (Å²) in [5, 5.41) is 14.0. The fourth-order valence-electron chi connectivity index (χ4n) is 3.14. The third kappa shape index (κ3) is 7.09. The van der Waals surface area contributed by atoms with Gasteiger partial charge in [0.2, 0.25) is 11.7 Å². The molecule has 0 fully saturated rings. The Labute approximate surface area is 198 Å². The Kier molecular flexibility index (Phi) is 9.66. The summed E-state index contributed by atoms with van der Waals surface area (Å²) in [5.41, 5.74) is 0.573. The molecule has 2 atom stereocenters. The fourth-order valence-corrected chi connectivity index (χ4v) is 3.14. The van der Waals surface area contributed by atoms with E-state index in [9.17, 15) is 19.7 Å². The monoisotopic (exact) mass is 473 g/mol. The molecule has 0 saturated carbocycles. The number of nitrogens with zero attached hydrogens (tertiary/aromatic N) is 2. The first kappa shape index (κ1) is 26.4. The zero-order valence-corrected chi connectivity index (χ0v) is 20.1. The molecule has 0 aliphatic heterocycles. The first-order valence-electron chi connectivity index (χ1n) is 10.9. The molecule has 0 radical (unpaired) electrons. The molecule has 1 N–H and O–H groups in total. The first-order valence-corrected chi connectivity index (χ1v) is 10.9. The topological polar surface area (TPSA) is 120 Å². The number of nitrogens with one attached hydrogen (secondary N) is 1. The molecule has 0 saturated heterocycles. The number of methoxy groups -OCH3 is 2. The highest BCUT2D eigenvalue weighted by Crippen LogP contribution is 2.30. The van der Waals surface area contributed by atoms with Crippen LogP contribution in [0.5, 0.6) is 17.2 Å². The Morgan fingerprint density at radius 3 is 2.44 bits per heavy atom. The van der Waals surface area contributed by atoms with E-state index >= 15 is 0 Å². The zero-order chi connectivity index (χ0) is 25.3. The molecule has 0 unspecified atom stereocenters. The molecule has 184 valence electrons. The summed E-state index contributed by atoms with van der Waals surface area (Å²) < 4.78 is 15.9. The number of nitro groups is 1. The number of hydrogen-bond acceptors (Lipinski definition) is 7. The normalized spacial score (nSPS) is 12.3. The number of nitro benzene ring substituents is 1. The molecule has 2 amide bonds. The highest BCUT2D eigenvalue weighted by molar-refractivity contribution is 5.88. The fraction of sp³-hybridized carbons (Fsp3) is 0.417. The van der Waals surface area contributed by atoms with Gasteiger partial charge in [-0.15, -0.1) is 0 Å². The summed E-state index contributed by atoms with van der Waals surface area (Å²) >= 11 is 0. The van der Waals surface area contributed by atoms with E-state index in [4.69, 9.17) is 14.2 Å². The van der Waals surface area contributed by atoms with Crippen LogP contribution >= 0.6 is 0 Å². The van der Waals surface area contributed by atoms with Gasteiger partial charge < -0.3 is 24.4 Å². The third-order valence-electron chi connectivity index (χ3n) is 5.37. The lowest BCUT2D eigenvalue weighted by Crippen LogP contribution is -2.50. The van der Waals surface area contributed by atoms with Crippen LogP contribution < -0.4 is 19.5 Å². The summed E-state index contributed by atoms with van der Waals surface area (Å²) in [6, 6.07) is 10.4. The molecule has 2 aromatic carbocycles. The molecular formula is C24H31N3O7. The van der Waals surface area contributed by atoms with Crippen LogP contribution in [0, 0.1) is 10.1 Å². The molecule has 10 nitrogen and oxygen atoms in total. The van der Waals surface area contributed by atoms with Crippen molar-refractivity contribution in [3.8, 4) is 17.2 Å². The number of carbonyl (C=O) groups excluding carboxylic acids is 2. The zero-order valence-electron chi connectivity index (χ0n) is 20.1. The molecule has 0 spiro atoms. The van der Waals surface area contributed by atoms with Gasteiger partial charge in [-0.2, -0.15) is 0 Å². The van der Waals surface area contributed by atoms with Crippen molar-refractivity contribution >= 4 is 17.5 Å². The van der Waals surface area contributed by atoms with E-state index in [0.717, 1.165) is 12.0 Å². The van der Waals surface area contributed by atoms with Crippen molar-refractivity contribution in [2.45, 2.75) is 45.8 Å². The van der Waals surface area contributed by atoms with Gasteiger partial charge in [-0.1, -0.05) is 19.1 Å². The molecule has 10 heteroatoms. The van der Waals surface area contributed by atoms with Gasteiger partial charge in [0.1, 0.15) is 17.5 Å². The van der Waals surface area contributed by atoms with Crippen LogP contribution in [0.3, 0.4) is 0 Å². The maximum Gasteiger partial charge on any atom is 0.311 e. The van der Waals surface area contributed by atoms with Crippen LogP contribution in [-0.4, -0.2) is 54.5 Å². The van der Waals surface area contributed by atoms with E-state index < -0.39 is 16.9 Å². The van der Waals surface area contributed by atoms with Gasteiger partial charge >= 0.3 is 5.69 Å². The molecule has 0 aliphatic rings. The number of hydrogen-bond donors (Lipinski definition) is 1. The van der Waals surface area contributed by atoms with Crippen molar-refractivity contribution in [2.24, 2.45) is 0 Å². The van der Waals surface area contributed by atoms with Crippen LogP contribution in [0.4, 0.5) is 5.69 Å². The number of ether oxygens (including phenoxy) is 3. The van der Waals surface area contributed by atoms with E-state index in [1.165, 1.54) is 30.2 Å². The second-order valence-electron chi connectivity index (χ2n) is 7.75. The highest BCUT2D eigenvalue weighted by atomic mass is 16.6. The molecule has 0 aliphatic carbocycles. The molecule has 0 heterocycles. The Morgan fingerprint density at radius 1 is 1.09 bits per heavy atom. The largest absolute Gasteiger partial charge is 0.497 e. The Morgan fingerprint density at radius 2 is 1.82 bits per heavy atom. The van der Waals surface area contributed by atoms with Crippen LogP contribution in [0.1, 0.15) is 32.8 Å². The second kappa shape index (κ2) is 12.4. The summed E-state index contributed by atoms with van der Waals surface area (Å²) in [6.45, 7) is 5.31. The Hall–Kier alpha value is -3.82. The molecule has 0 bridgehead atoms. The number of benzene rings is 2. The van der Waals surface area contributed by atoms with E-state index in [2.05, 4.69) is 5.32 Å². The van der Waals surface area contributed by atoms with Gasteiger partial charge in [0, 0.05) is 24.7 Å². The van der Waals surface area contributed by atoms with Crippen molar-refractivity contribution in [1.82, 2.24) is 10.2 Å². The summed E-state index contributed by atoms with van der Waals surface area (Å²) in [6.07, 6.45) is 0.757. The molecule has 2 aromatic rings. The third-order valence-corrected chi connectivity index (χ3v) is 5.37. The first-order chi connectivity index (χ1) is 16.2. The minimum absolute atomic E-state index is 0.0180. The standard InChI is InChI=1S/C24H31N3O7/c1-6-16(2)25-24(29)17(3)26(14-18-8-7-9-19(12-18)32-4)23(28)15-34-20-10-11-21(27(30)31)22(13-20)33-5/h7-13,16-17H,6,14-15H2,1-5H3,(H,25,29)/t16-,17-/m0/s1. The molecule has 0 aromatic heterocycles. The predicted octanol–water partition coefficient (Wildman–Crippen LogP) is 3.32. The minimum Gasteiger partial charge on any atom is -0.497 e. The summed E-state index contributed by atoms with van der Waals surface area (Å²) in [7, 11) is 2.86. The van der Waals surface area contributed by atoms with Crippen LogP contribution in [-0.2, 0) is 16.1 Å². The lowest BCUT2D eigenvalue weighted by molar-refractivity contribution is -0.385. The second-order valence-corrected chi connectivity index (χ2v) is 7.75. The lowest BCUT2D eigenvalue weighted by atomic mass is 10.1. The van der Waals surface area contributed by atoms with Crippen LogP contribution in [0.25, 0.3) is 0 Å². The average Bonchev–Trinajstić information content (AvgIpc) is 2.84. The maximum absolute atomic E-state index is 13.2.